The lowest BCUT2D eigenvalue weighted by Crippen LogP contribution is -2.38. The van der Waals surface area contributed by atoms with E-state index in [2.05, 4.69) is 6.58 Å². The molecule has 9 heteroatoms. The summed E-state index contributed by atoms with van der Waals surface area (Å²) >= 11 is 0. The average molecular weight is 465 g/mol. The number of halogens is 5. The summed E-state index contributed by atoms with van der Waals surface area (Å²) in [6.07, 6.45) is -3.91. The van der Waals surface area contributed by atoms with E-state index in [1.165, 1.54) is 43.3 Å². The predicted molar refractivity (Wildman–Crippen MR) is 110 cm³/mol. The van der Waals surface area contributed by atoms with Crippen LogP contribution in [0.3, 0.4) is 0 Å². The molecular weight excluding hydrogens is 445 g/mol. The van der Waals surface area contributed by atoms with E-state index in [9.17, 15) is 31.5 Å². The molecule has 0 fully saturated rings. The monoisotopic (exact) mass is 465 g/mol. The molecule has 0 radical (unpaired) electrons. The average Bonchev–Trinajstić information content (AvgIpc) is 2.76. The first-order valence-electron chi connectivity index (χ1n) is 9.94. The highest BCUT2D eigenvalue weighted by atomic mass is 19.4. The van der Waals surface area contributed by atoms with Crippen LogP contribution in [0.4, 0.5) is 22.0 Å². The molecule has 2 aromatic rings. The Kier molecular flexibility index (Phi) is 7.00. The van der Waals surface area contributed by atoms with E-state index < -0.39 is 54.1 Å². The van der Waals surface area contributed by atoms with Gasteiger partial charge >= 0.3 is 12.1 Å². The lowest BCUT2D eigenvalue weighted by atomic mass is 9.81. The minimum absolute atomic E-state index is 0.00551. The molecular formula is C24H20F5NO3. The topological polar surface area (TPSA) is 46.6 Å². The van der Waals surface area contributed by atoms with Crippen LogP contribution in [0.1, 0.15) is 36.0 Å². The molecule has 4 nitrogen and oxygen atoms in total. The zero-order chi connectivity index (χ0) is 24.3. The van der Waals surface area contributed by atoms with Gasteiger partial charge in [0, 0.05) is 23.6 Å². The Bertz CT molecular complexity index is 1120. The largest absolute Gasteiger partial charge is 0.458 e. The molecule has 0 aromatic heterocycles. The van der Waals surface area contributed by atoms with E-state index in [0.29, 0.717) is 0 Å². The van der Waals surface area contributed by atoms with Crippen molar-refractivity contribution < 1.29 is 36.3 Å². The first-order chi connectivity index (χ1) is 15.6. The van der Waals surface area contributed by atoms with Crippen LogP contribution in [-0.4, -0.2) is 23.4 Å². The molecule has 1 aliphatic rings. The molecule has 0 saturated carbocycles. The van der Waals surface area contributed by atoms with E-state index >= 15 is 0 Å². The summed E-state index contributed by atoms with van der Waals surface area (Å²) in [5.41, 5.74) is -1.53. The fraction of sp³-hybridized carbons (Fsp3) is 0.250. The number of amides is 1. The van der Waals surface area contributed by atoms with Crippen molar-refractivity contribution in [1.29, 1.82) is 0 Å². The van der Waals surface area contributed by atoms with Crippen LogP contribution < -0.4 is 0 Å². The van der Waals surface area contributed by atoms with Gasteiger partial charge in [0.2, 0.25) is 5.91 Å². The Hall–Kier alpha value is -3.49. The summed E-state index contributed by atoms with van der Waals surface area (Å²) in [7, 11) is 0. The molecule has 2 aromatic carbocycles. The normalized spacial score (nSPS) is 16.7. The fourth-order valence-electron chi connectivity index (χ4n) is 3.85. The van der Waals surface area contributed by atoms with Crippen molar-refractivity contribution in [2.75, 3.05) is 6.61 Å². The van der Waals surface area contributed by atoms with E-state index in [-0.39, 0.29) is 29.0 Å². The van der Waals surface area contributed by atoms with Gasteiger partial charge in [-0.15, -0.1) is 0 Å². The van der Waals surface area contributed by atoms with Gasteiger partial charge in [-0.25, -0.2) is 13.6 Å². The maximum atomic E-state index is 14.2. The summed E-state index contributed by atoms with van der Waals surface area (Å²) < 4.78 is 73.9. The van der Waals surface area contributed by atoms with Crippen molar-refractivity contribution in [1.82, 2.24) is 4.90 Å². The number of carbonyl (C=O) groups is 2. The third kappa shape index (κ3) is 4.97. The number of esters is 1. The van der Waals surface area contributed by atoms with Crippen molar-refractivity contribution in [3.05, 3.63) is 94.7 Å². The zero-order valence-electron chi connectivity index (χ0n) is 17.6. The van der Waals surface area contributed by atoms with Gasteiger partial charge in [-0.05, 0) is 24.6 Å². The number of hydrogen-bond acceptors (Lipinski definition) is 3. The molecule has 0 saturated heterocycles. The van der Waals surface area contributed by atoms with Gasteiger partial charge in [-0.2, -0.15) is 13.2 Å². The molecule has 0 unspecified atom stereocenters. The molecule has 174 valence electrons. The van der Waals surface area contributed by atoms with E-state index in [4.69, 9.17) is 4.74 Å². The van der Waals surface area contributed by atoms with E-state index in [0.717, 1.165) is 17.0 Å². The molecule has 1 amide bonds. The highest BCUT2D eigenvalue weighted by molar-refractivity contribution is 5.96. The molecule has 1 heterocycles. The summed E-state index contributed by atoms with van der Waals surface area (Å²) in [5.74, 6) is -5.06. The fourth-order valence-corrected chi connectivity index (χ4v) is 3.85. The van der Waals surface area contributed by atoms with E-state index in [1.807, 2.05) is 0 Å². The quantitative estimate of drug-likeness (QED) is 0.322. The summed E-state index contributed by atoms with van der Waals surface area (Å²) in [4.78, 5) is 26.9. The van der Waals surface area contributed by atoms with Gasteiger partial charge in [0.05, 0.1) is 17.7 Å². The second-order valence-electron chi connectivity index (χ2n) is 7.42. The molecule has 3 rings (SSSR count). The van der Waals surface area contributed by atoms with Crippen LogP contribution in [0.2, 0.25) is 0 Å². The van der Waals surface area contributed by atoms with Crippen LogP contribution in [0.15, 0.2) is 66.4 Å². The summed E-state index contributed by atoms with van der Waals surface area (Å²) in [5, 5.41) is 0. The van der Waals surface area contributed by atoms with E-state index in [1.54, 1.807) is 0 Å². The standard InChI is InChI=1S/C24H20F5NO3/c1-3-11-33-23(32)21-14(2)30(13-15-7-6-10-19(25)22(15)26)20(31)12-17(21)16-8-4-5-9-18(16)24(27,28)29/h3-10,17H,1,11-13H2,2H3/t17-/m0/s1. The summed E-state index contributed by atoms with van der Waals surface area (Å²) in [6.45, 7) is 4.20. The highest BCUT2D eigenvalue weighted by Crippen LogP contribution is 2.43. The van der Waals surface area contributed by atoms with Gasteiger partial charge < -0.3 is 9.64 Å². The number of allylic oxidation sites excluding steroid dienone is 1. The molecule has 0 spiro atoms. The van der Waals surface area contributed by atoms with Gasteiger partial charge in [-0.1, -0.05) is 43.0 Å². The Morgan fingerprint density at radius 2 is 1.88 bits per heavy atom. The Balaban J connectivity index is 2.13. The number of ether oxygens (including phenoxy) is 1. The van der Waals surface area contributed by atoms with Crippen molar-refractivity contribution >= 4 is 11.9 Å². The van der Waals surface area contributed by atoms with Gasteiger partial charge in [-0.3, -0.25) is 4.79 Å². The van der Waals surface area contributed by atoms with Gasteiger partial charge in [0.15, 0.2) is 11.6 Å². The number of benzene rings is 2. The first-order valence-corrected chi connectivity index (χ1v) is 9.94. The lowest BCUT2D eigenvalue weighted by Gasteiger charge is -2.35. The molecule has 0 aliphatic carbocycles. The molecule has 33 heavy (non-hydrogen) atoms. The minimum atomic E-state index is -4.72. The number of alkyl halides is 3. The first kappa shape index (κ1) is 24.2. The third-order valence-corrected chi connectivity index (χ3v) is 5.38. The molecule has 0 N–H and O–H groups in total. The number of carbonyl (C=O) groups excluding carboxylic acids is 2. The highest BCUT2D eigenvalue weighted by Gasteiger charge is 2.42. The third-order valence-electron chi connectivity index (χ3n) is 5.38. The smallest absolute Gasteiger partial charge is 0.416 e. The van der Waals surface area contributed by atoms with Crippen molar-refractivity contribution in [2.24, 2.45) is 0 Å². The van der Waals surface area contributed by atoms with Crippen LogP contribution in [-0.2, 0) is 27.0 Å². The SMILES string of the molecule is C=CCOC(=O)C1=C(C)N(Cc2cccc(F)c2F)C(=O)C[C@H]1c1ccccc1C(F)(F)F. The van der Waals surface area contributed by atoms with Crippen molar-refractivity contribution in [2.45, 2.75) is 32.0 Å². The molecule has 1 aliphatic heterocycles. The Morgan fingerprint density at radius 3 is 2.55 bits per heavy atom. The molecule has 0 bridgehead atoms. The van der Waals surface area contributed by atoms with Gasteiger partial charge in [0.1, 0.15) is 6.61 Å². The number of rotatable bonds is 6. The number of nitrogens with zero attached hydrogens (tertiary/aromatic N) is 1. The Morgan fingerprint density at radius 1 is 1.18 bits per heavy atom. The second-order valence-corrected chi connectivity index (χ2v) is 7.42. The summed E-state index contributed by atoms with van der Waals surface area (Å²) in [6, 6.07) is 8.13. The van der Waals surface area contributed by atoms with Crippen LogP contribution in [0.5, 0.6) is 0 Å². The van der Waals surface area contributed by atoms with Crippen LogP contribution in [0.25, 0.3) is 0 Å². The maximum absolute atomic E-state index is 14.2. The lowest BCUT2D eigenvalue weighted by molar-refractivity contribution is -0.142. The molecule has 1 atom stereocenters. The predicted octanol–water partition coefficient (Wildman–Crippen LogP) is 5.50. The second kappa shape index (κ2) is 9.56. The zero-order valence-corrected chi connectivity index (χ0v) is 17.6. The van der Waals surface area contributed by atoms with Gasteiger partial charge in [0.25, 0.3) is 0 Å². The Labute approximate surface area is 187 Å². The van der Waals surface area contributed by atoms with Crippen molar-refractivity contribution in [3.8, 4) is 0 Å². The number of hydrogen-bond donors (Lipinski definition) is 0. The van der Waals surface area contributed by atoms with Crippen LogP contribution in [0, 0.1) is 11.6 Å². The van der Waals surface area contributed by atoms with Crippen LogP contribution >= 0.6 is 0 Å². The minimum Gasteiger partial charge on any atom is -0.458 e. The van der Waals surface area contributed by atoms with Crippen molar-refractivity contribution in [3.63, 3.8) is 0 Å². The maximum Gasteiger partial charge on any atom is 0.416 e.